The Balaban J connectivity index is 1.46. The topological polar surface area (TPSA) is 70.2 Å². The SMILES string of the molecule is Cc1nc(NC2CCC(NC(=O)Cc3ccc(F)cc3)CC2)cc(N(C)C)n1. The molecular weight excluding hydrogens is 357 g/mol. The first-order valence-electron chi connectivity index (χ1n) is 9.72. The van der Waals surface area contributed by atoms with Gasteiger partial charge in [-0.15, -0.1) is 0 Å². The van der Waals surface area contributed by atoms with Gasteiger partial charge < -0.3 is 15.5 Å². The zero-order valence-electron chi connectivity index (χ0n) is 16.7. The second-order valence-corrected chi connectivity index (χ2v) is 7.62. The molecule has 6 nitrogen and oxygen atoms in total. The van der Waals surface area contributed by atoms with Crippen LogP contribution in [0.1, 0.15) is 37.1 Å². The van der Waals surface area contributed by atoms with Crippen molar-refractivity contribution in [2.75, 3.05) is 24.3 Å². The summed E-state index contributed by atoms with van der Waals surface area (Å²) < 4.78 is 13.0. The number of amides is 1. The lowest BCUT2D eigenvalue weighted by Crippen LogP contribution is -2.40. The Bertz CT molecular complexity index is 801. The average Bonchev–Trinajstić information content (AvgIpc) is 2.65. The molecule has 2 N–H and O–H groups in total. The Hall–Kier alpha value is -2.70. The van der Waals surface area contributed by atoms with Gasteiger partial charge in [-0.05, 0) is 50.3 Å². The molecule has 0 aliphatic heterocycles. The highest BCUT2D eigenvalue weighted by molar-refractivity contribution is 5.78. The van der Waals surface area contributed by atoms with Crippen LogP contribution in [0.2, 0.25) is 0 Å². The minimum Gasteiger partial charge on any atom is -0.367 e. The number of nitrogens with zero attached hydrogens (tertiary/aromatic N) is 3. The van der Waals surface area contributed by atoms with Crippen molar-refractivity contribution in [2.45, 2.75) is 51.1 Å². The quantitative estimate of drug-likeness (QED) is 0.800. The summed E-state index contributed by atoms with van der Waals surface area (Å²) in [6.45, 7) is 1.89. The van der Waals surface area contributed by atoms with E-state index in [9.17, 15) is 9.18 Å². The molecule has 2 aromatic rings. The summed E-state index contributed by atoms with van der Waals surface area (Å²) in [7, 11) is 3.93. The maximum atomic E-state index is 13.0. The van der Waals surface area contributed by atoms with E-state index in [1.165, 1.54) is 12.1 Å². The monoisotopic (exact) mass is 385 g/mol. The molecule has 1 fully saturated rings. The van der Waals surface area contributed by atoms with Crippen LogP contribution < -0.4 is 15.5 Å². The fraction of sp³-hybridized carbons (Fsp3) is 0.476. The largest absolute Gasteiger partial charge is 0.367 e. The summed E-state index contributed by atoms with van der Waals surface area (Å²) in [5.74, 6) is 2.18. The summed E-state index contributed by atoms with van der Waals surface area (Å²) in [4.78, 5) is 23.1. The Morgan fingerprint density at radius 3 is 2.39 bits per heavy atom. The Morgan fingerprint density at radius 2 is 1.75 bits per heavy atom. The number of hydrogen-bond acceptors (Lipinski definition) is 5. The van der Waals surface area contributed by atoms with Gasteiger partial charge in [-0.25, -0.2) is 14.4 Å². The van der Waals surface area contributed by atoms with Gasteiger partial charge in [0.25, 0.3) is 0 Å². The maximum absolute atomic E-state index is 13.0. The molecule has 150 valence electrons. The molecule has 0 spiro atoms. The number of carbonyl (C=O) groups is 1. The van der Waals surface area contributed by atoms with Crippen LogP contribution in [-0.4, -0.2) is 42.1 Å². The van der Waals surface area contributed by atoms with Crippen LogP contribution in [0.4, 0.5) is 16.0 Å². The third-order valence-electron chi connectivity index (χ3n) is 5.00. The predicted octanol–water partition coefficient (Wildman–Crippen LogP) is 3.07. The summed E-state index contributed by atoms with van der Waals surface area (Å²) >= 11 is 0. The van der Waals surface area contributed by atoms with E-state index in [-0.39, 0.29) is 24.2 Å². The number of rotatable bonds is 6. The van der Waals surface area contributed by atoms with Gasteiger partial charge in [-0.3, -0.25) is 4.79 Å². The smallest absolute Gasteiger partial charge is 0.224 e. The first kappa shape index (κ1) is 20.0. The first-order valence-corrected chi connectivity index (χ1v) is 9.72. The number of hydrogen-bond donors (Lipinski definition) is 2. The zero-order chi connectivity index (χ0) is 20.1. The summed E-state index contributed by atoms with van der Waals surface area (Å²) in [6.07, 6.45) is 4.09. The molecule has 7 heteroatoms. The second kappa shape index (κ2) is 8.99. The maximum Gasteiger partial charge on any atom is 0.224 e. The van der Waals surface area contributed by atoms with Crippen molar-refractivity contribution < 1.29 is 9.18 Å². The van der Waals surface area contributed by atoms with Crippen LogP contribution in [0.5, 0.6) is 0 Å². The van der Waals surface area contributed by atoms with Gasteiger partial charge in [-0.1, -0.05) is 12.1 Å². The van der Waals surface area contributed by atoms with Crippen LogP contribution in [0.25, 0.3) is 0 Å². The number of carbonyl (C=O) groups excluding carboxylic acids is 1. The van der Waals surface area contributed by atoms with E-state index in [4.69, 9.17) is 0 Å². The molecule has 3 rings (SSSR count). The lowest BCUT2D eigenvalue weighted by Gasteiger charge is -2.30. The fourth-order valence-electron chi connectivity index (χ4n) is 3.51. The van der Waals surface area contributed by atoms with Crippen LogP contribution in [0.15, 0.2) is 30.3 Å². The molecule has 1 amide bonds. The first-order chi connectivity index (χ1) is 13.4. The Labute approximate surface area is 165 Å². The molecule has 1 saturated carbocycles. The lowest BCUT2D eigenvalue weighted by molar-refractivity contribution is -0.121. The van der Waals surface area contributed by atoms with E-state index in [2.05, 4.69) is 20.6 Å². The zero-order valence-corrected chi connectivity index (χ0v) is 16.7. The van der Waals surface area contributed by atoms with E-state index in [1.807, 2.05) is 32.0 Å². The molecule has 0 radical (unpaired) electrons. The third-order valence-corrected chi connectivity index (χ3v) is 5.00. The van der Waals surface area contributed by atoms with Gasteiger partial charge in [0.15, 0.2) is 0 Å². The molecule has 0 bridgehead atoms. The fourth-order valence-corrected chi connectivity index (χ4v) is 3.51. The van der Waals surface area contributed by atoms with Gasteiger partial charge in [-0.2, -0.15) is 0 Å². The van der Waals surface area contributed by atoms with Crippen LogP contribution in [0, 0.1) is 12.7 Å². The van der Waals surface area contributed by atoms with Crippen molar-refractivity contribution in [1.29, 1.82) is 0 Å². The number of halogens is 1. The van der Waals surface area contributed by atoms with Gasteiger partial charge in [0.05, 0.1) is 6.42 Å². The van der Waals surface area contributed by atoms with Crippen LogP contribution in [0.3, 0.4) is 0 Å². The van der Waals surface area contributed by atoms with Crippen molar-refractivity contribution in [3.05, 3.63) is 47.5 Å². The van der Waals surface area contributed by atoms with Crippen molar-refractivity contribution in [1.82, 2.24) is 15.3 Å². The van der Waals surface area contributed by atoms with E-state index in [0.717, 1.165) is 48.7 Å². The normalized spacial score (nSPS) is 19.1. The lowest BCUT2D eigenvalue weighted by atomic mass is 9.91. The molecule has 1 aliphatic rings. The highest BCUT2D eigenvalue weighted by Gasteiger charge is 2.23. The summed E-state index contributed by atoms with van der Waals surface area (Å²) in [6, 6.07) is 8.57. The standard InChI is InChI=1S/C21H28FN5O/c1-14-23-19(13-20(24-14)27(2)3)25-17-8-10-18(11-9-17)26-21(28)12-15-4-6-16(22)7-5-15/h4-7,13,17-18H,8-12H2,1-3H3,(H,26,28)(H,23,24,25). The molecular formula is C21H28FN5O. The number of aryl methyl sites for hydroxylation is 1. The minimum absolute atomic E-state index is 0.00920. The summed E-state index contributed by atoms with van der Waals surface area (Å²) in [5, 5.41) is 6.62. The van der Waals surface area contributed by atoms with Crippen molar-refractivity contribution in [2.24, 2.45) is 0 Å². The molecule has 0 saturated heterocycles. The van der Waals surface area contributed by atoms with Crippen molar-refractivity contribution in [3.8, 4) is 0 Å². The number of nitrogens with one attached hydrogen (secondary N) is 2. The molecule has 1 aliphatic carbocycles. The van der Waals surface area contributed by atoms with Gasteiger partial charge in [0.2, 0.25) is 5.91 Å². The number of aromatic nitrogens is 2. The molecule has 1 aromatic carbocycles. The Kier molecular flexibility index (Phi) is 6.44. The highest BCUT2D eigenvalue weighted by atomic mass is 19.1. The average molecular weight is 385 g/mol. The van der Waals surface area contributed by atoms with Crippen molar-refractivity contribution in [3.63, 3.8) is 0 Å². The third kappa shape index (κ3) is 5.65. The molecule has 0 unspecified atom stereocenters. The van der Waals surface area contributed by atoms with Gasteiger partial charge >= 0.3 is 0 Å². The predicted molar refractivity (Wildman–Crippen MR) is 109 cm³/mol. The molecule has 1 heterocycles. The van der Waals surface area contributed by atoms with Crippen LogP contribution in [-0.2, 0) is 11.2 Å². The van der Waals surface area contributed by atoms with E-state index >= 15 is 0 Å². The minimum atomic E-state index is -0.286. The van der Waals surface area contributed by atoms with Gasteiger partial charge in [0, 0.05) is 32.2 Å². The number of anilines is 2. The van der Waals surface area contributed by atoms with Crippen LogP contribution >= 0.6 is 0 Å². The Morgan fingerprint density at radius 1 is 1.11 bits per heavy atom. The highest BCUT2D eigenvalue weighted by Crippen LogP contribution is 2.23. The van der Waals surface area contributed by atoms with E-state index < -0.39 is 0 Å². The second-order valence-electron chi connectivity index (χ2n) is 7.62. The van der Waals surface area contributed by atoms with Crippen molar-refractivity contribution >= 4 is 17.5 Å². The molecule has 0 atom stereocenters. The molecule has 28 heavy (non-hydrogen) atoms. The van der Waals surface area contributed by atoms with Gasteiger partial charge in [0.1, 0.15) is 23.3 Å². The van der Waals surface area contributed by atoms with E-state index in [1.54, 1.807) is 12.1 Å². The summed E-state index contributed by atoms with van der Waals surface area (Å²) in [5.41, 5.74) is 0.824. The van der Waals surface area contributed by atoms with E-state index in [0.29, 0.717) is 6.04 Å². The molecule has 1 aromatic heterocycles. The number of benzene rings is 1.